The maximum Gasteiger partial charge on any atom is 0.282 e. The lowest BCUT2D eigenvalue weighted by molar-refractivity contribution is 0.149. The Bertz CT molecular complexity index is 879. The van der Waals surface area contributed by atoms with Gasteiger partial charge in [-0.3, -0.25) is 4.79 Å². The smallest absolute Gasteiger partial charge is 0.282 e. The van der Waals surface area contributed by atoms with Crippen molar-refractivity contribution >= 4 is 17.0 Å². The molecule has 2 saturated heterocycles. The minimum atomic E-state index is -0.225. The third kappa shape index (κ3) is 5.07. The molecule has 1 spiro atoms. The van der Waals surface area contributed by atoms with E-state index in [1.54, 1.807) is 0 Å². The Morgan fingerprint density at radius 3 is 2.35 bits per heavy atom. The van der Waals surface area contributed by atoms with Crippen LogP contribution in [0.5, 0.6) is 5.75 Å². The van der Waals surface area contributed by atoms with Crippen molar-refractivity contribution in [2.45, 2.75) is 49.9 Å². The number of rotatable bonds is 7. The molecule has 2 aliphatic rings. The van der Waals surface area contributed by atoms with E-state index in [0.29, 0.717) is 13.2 Å². The number of carbonyl (C=O) groups is 1. The Labute approximate surface area is 188 Å². The summed E-state index contributed by atoms with van der Waals surface area (Å²) in [6.07, 6.45) is 3.71. The van der Waals surface area contributed by atoms with Gasteiger partial charge in [0.15, 0.2) is 0 Å². The van der Waals surface area contributed by atoms with E-state index in [4.69, 9.17) is 4.74 Å². The highest BCUT2D eigenvalue weighted by atomic mass is 32.2. The average molecular weight is 443 g/mol. The van der Waals surface area contributed by atoms with E-state index in [1.165, 1.54) is 23.9 Å². The molecule has 0 N–H and O–H groups in total. The highest BCUT2D eigenvalue weighted by Crippen LogP contribution is 2.49. The molecule has 1 atom stereocenters. The lowest BCUT2D eigenvalue weighted by Crippen LogP contribution is -2.51. The lowest BCUT2D eigenvalue weighted by atomic mass is 9.84. The summed E-state index contributed by atoms with van der Waals surface area (Å²) in [5, 5.41) is 0.156. The van der Waals surface area contributed by atoms with E-state index in [2.05, 4.69) is 31.0 Å². The Morgan fingerprint density at radius 2 is 1.71 bits per heavy atom. The number of halogens is 1. The minimum Gasteiger partial charge on any atom is -0.494 e. The molecule has 1 amide bonds. The quantitative estimate of drug-likeness (QED) is 0.578. The molecule has 2 heterocycles. The molecular weight excluding hydrogens is 411 g/mol. The number of piperidine rings is 1. The van der Waals surface area contributed by atoms with Crippen LogP contribution in [0.2, 0.25) is 0 Å². The van der Waals surface area contributed by atoms with Gasteiger partial charge in [-0.2, -0.15) is 0 Å². The first-order valence-electron chi connectivity index (χ1n) is 11.1. The molecule has 4 nitrogen and oxygen atoms in total. The highest BCUT2D eigenvalue weighted by molar-refractivity contribution is 8.15. The van der Waals surface area contributed by atoms with Crippen molar-refractivity contribution in [1.29, 1.82) is 0 Å². The van der Waals surface area contributed by atoms with Gasteiger partial charge in [0.05, 0.1) is 12.6 Å². The number of carbonyl (C=O) groups excluding carboxylic acids is 1. The molecule has 2 fully saturated rings. The van der Waals surface area contributed by atoms with Crippen molar-refractivity contribution in [3.8, 4) is 5.75 Å². The topological polar surface area (TPSA) is 32.8 Å². The molecule has 6 heteroatoms. The molecule has 2 aromatic rings. The monoisotopic (exact) mass is 442 g/mol. The van der Waals surface area contributed by atoms with E-state index >= 15 is 0 Å². The van der Waals surface area contributed by atoms with E-state index < -0.39 is 0 Å². The fourth-order valence-electron chi connectivity index (χ4n) is 4.57. The number of likely N-dealkylation sites (tertiary alicyclic amines) is 1. The zero-order valence-electron chi connectivity index (χ0n) is 18.4. The molecule has 0 bridgehead atoms. The van der Waals surface area contributed by atoms with Gasteiger partial charge in [0.25, 0.3) is 5.24 Å². The number of hydrogen-bond donors (Lipinski definition) is 0. The molecule has 1 unspecified atom stereocenters. The molecule has 2 aromatic carbocycles. The Kier molecular flexibility index (Phi) is 6.87. The minimum absolute atomic E-state index is 0.0812. The van der Waals surface area contributed by atoms with Crippen LogP contribution in [0.25, 0.3) is 0 Å². The first kappa shape index (κ1) is 22.2. The summed E-state index contributed by atoms with van der Waals surface area (Å²) in [5.41, 5.74) is 2.18. The zero-order chi connectivity index (χ0) is 21.8. The van der Waals surface area contributed by atoms with Gasteiger partial charge >= 0.3 is 0 Å². The van der Waals surface area contributed by atoms with Crippen molar-refractivity contribution in [1.82, 2.24) is 9.80 Å². The van der Waals surface area contributed by atoms with Crippen molar-refractivity contribution in [3.05, 3.63) is 65.5 Å². The van der Waals surface area contributed by atoms with Crippen molar-refractivity contribution in [2.24, 2.45) is 0 Å². The first-order chi connectivity index (χ1) is 15.0. The van der Waals surface area contributed by atoms with Gasteiger partial charge in [0.1, 0.15) is 11.6 Å². The lowest BCUT2D eigenvalue weighted by Gasteiger charge is -2.42. The third-order valence-corrected chi connectivity index (χ3v) is 7.93. The normalized spacial score (nSPS) is 21.1. The molecule has 0 aromatic heterocycles. The van der Waals surface area contributed by atoms with Crippen LogP contribution in [0.4, 0.5) is 9.18 Å². The number of ether oxygens (including phenoxy) is 1. The van der Waals surface area contributed by atoms with E-state index in [0.717, 1.165) is 55.6 Å². The van der Waals surface area contributed by atoms with Crippen LogP contribution in [0, 0.1) is 5.82 Å². The second-order valence-electron chi connectivity index (χ2n) is 8.70. The Hall–Kier alpha value is -2.05. The van der Waals surface area contributed by atoms with Crippen molar-refractivity contribution in [3.63, 3.8) is 0 Å². The summed E-state index contributed by atoms with van der Waals surface area (Å²) in [5.74, 6) is 0.638. The molecule has 2 aliphatic heterocycles. The third-order valence-electron chi connectivity index (χ3n) is 6.43. The standard InChI is InChI=1S/C25H31FN2O2S/c1-3-16-30-22-10-6-20(7-11-22)18-28-23(17-19-4-8-21(26)9-5-19)25(31-24(28)29)12-14-27(2)15-13-25/h4-11,23H,3,12-18H2,1-2H3. The first-order valence-corrected chi connectivity index (χ1v) is 11.9. The summed E-state index contributed by atoms with van der Waals surface area (Å²) < 4.78 is 19.1. The number of thioether (sulfide) groups is 1. The number of hydrogen-bond acceptors (Lipinski definition) is 4. The summed E-state index contributed by atoms with van der Waals surface area (Å²) in [7, 11) is 2.14. The van der Waals surface area contributed by atoms with Crippen LogP contribution in [-0.2, 0) is 13.0 Å². The zero-order valence-corrected chi connectivity index (χ0v) is 19.2. The Balaban J connectivity index is 1.56. The predicted octanol–water partition coefficient (Wildman–Crippen LogP) is 5.36. The maximum atomic E-state index is 13.4. The SMILES string of the molecule is CCCOc1ccc(CN2C(=O)SC3(CCN(C)CC3)C2Cc2ccc(F)cc2)cc1. The molecule has 31 heavy (non-hydrogen) atoms. The number of amides is 1. The van der Waals surface area contributed by atoms with Crippen molar-refractivity contribution in [2.75, 3.05) is 26.7 Å². The number of nitrogens with zero attached hydrogens (tertiary/aromatic N) is 2. The molecule has 0 aliphatic carbocycles. The summed E-state index contributed by atoms with van der Waals surface area (Å²) in [6, 6.07) is 14.9. The van der Waals surface area contributed by atoms with Crippen LogP contribution in [0.3, 0.4) is 0 Å². The molecule has 0 saturated carbocycles. The van der Waals surface area contributed by atoms with Crippen LogP contribution in [0.15, 0.2) is 48.5 Å². The highest BCUT2D eigenvalue weighted by Gasteiger charge is 2.53. The van der Waals surface area contributed by atoms with Crippen LogP contribution >= 0.6 is 11.8 Å². The van der Waals surface area contributed by atoms with Gasteiger partial charge in [0.2, 0.25) is 0 Å². The molecule has 0 radical (unpaired) electrons. The second kappa shape index (κ2) is 9.61. The van der Waals surface area contributed by atoms with Gasteiger partial charge < -0.3 is 14.5 Å². The van der Waals surface area contributed by atoms with Crippen molar-refractivity contribution < 1.29 is 13.9 Å². The summed E-state index contributed by atoms with van der Waals surface area (Å²) >= 11 is 1.52. The maximum absolute atomic E-state index is 13.4. The number of benzene rings is 2. The van der Waals surface area contributed by atoms with E-state index in [1.807, 2.05) is 29.2 Å². The second-order valence-corrected chi connectivity index (χ2v) is 10.1. The summed E-state index contributed by atoms with van der Waals surface area (Å²) in [4.78, 5) is 17.6. The van der Waals surface area contributed by atoms with Crippen LogP contribution in [-0.4, -0.2) is 52.6 Å². The Morgan fingerprint density at radius 1 is 1.06 bits per heavy atom. The van der Waals surface area contributed by atoms with Crippen LogP contribution < -0.4 is 4.74 Å². The molecular formula is C25H31FN2O2S. The summed E-state index contributed by atoms with van der Waals surface area (Å²) in [6.45, 7) is 5.38. The fourth-order valence-corrected chi connectivity index (χ4v) is 5.96. The van der Waals surface area contributed by atoms with Gasteiger partial charge in [0, 0.05) is 11.3 Å². The molecule has 4 rings (SSSR count). The van der Waals surface area contributed by atoms with Crippen LogP contribution in [0.1, 0.15) is 37.3 Å². The average Bonchev–Trinajstić information content (AvgIpc) is 3.02. The van der Waals surface area contributed by atoms with E-state index in [-0.39, 0.29) is 21.8 Å². The predicted molar refractivity (Wildman–Crippen MR) is 124 cm³/mol. The molecule has 166 valence electrons. The van der Waals surface area contributed by atoms with Gasteiger partial charge in [-0.1, -0.05) is 43.0 Å². The van der Waals surface area contributed by atoms with E-state index in [9.17, 15) is 9.18 Å². The van der Waals surface area contributed by atoms with Gasteiger partial charge in [-0.15, -0.1) is 0 Å². The van der Waals surface area contributed by atoms with Gasteiger partial charge in [-0.05, 0) is 81.2 Å². The fraction of sp³-hybridized carbons (Fsp3) is 0.480. The van der Waals surface area contributed by atoms with Gasteiger partial charge in [-0.25, -0.2) is 4.39 Å². The largest absolute Gasteiger partial charge is 0.494 e.